The van der Waals surface area contributed by atoms with Crippen LogP contribution in [0, 0.1) is 5.82 Å². The number of halogens is 2. The minimum Gasteiger partial charge on any atom is -0.306 e. The zero-order valence-corrected chi connectivity index (χ0v) is 13.4. The van der Waals surface area contributed by atoms with E-state index in [0.29, 0.717) is 10.0 Å². The summed E-state index contributed by atoms with van der Waals surface area (Å²) >= 11 is 5.00. The molecule has 102 valence electrons. The van der Waals surface area contributed by atoms with Crippen molar-refractivity contribution >= 4 is 27.3 Å². The van der Waals surface area contributed by atoms with E-state index < -0.39 is 0 Å². The predicted molar refractivity (Wildman–Crippen MR) is 83.3 cm³/mol. The van der Waals surface area contributed by atoms with Crippen molar-refractivity contribution < 1.29 is 4.39 Å². The van der Waals surface area contributed by atoms with Gasteiger partial charge in [-0.3, -0.25) is 0 Å². The standard InChI is InChI=1S/C15H17BrFNS/c1-3-10-8-9-13(19-10)15(18-4-2)11-6-5-7-12(16)14(11)17/h5-9,15,18H,3-4H2,1-2H3. The Hall–Kier alpha value is -0.710. The maximum atomic E-state index is 14.3. The molecule has 0 aliphatic carbocycles. The summed E-state index contributed by atoms with van der Waals surface area (Å²) in [6.07, 6.45) is 1.02. The molecule has 1 N–H and O–H groups in total. The Labute approximate surface area is 126 Å². The average Bonchev–Trinajstić information content (AvgIpc) is 2.88. The summed E-state index contributed by atoms with van der Waals surface area (Å²) in [6, 6.07) is 9.60. The molecule has 0 saturated heterocycles. The molecule has 2 rings (SSSR count). The number of thiophene rings is 1. The topological polar surface area (TPSA) is 12.0 Å². The molecule has 1 aromatic carbocycles. The fourth-order valence-electron chi connectivity index (χ4n) is 2.05. The summed E-state index contributed by atoms with van der Waals surface area (Å²) in [5.74, 6) is -0.181. The van der Waals surface area contributed by atoms with Crippen LogP contribution in [-0.2, 0) is 6.42 Å². The first-order chi connectivity index (χ1) is 9.17. The van der Waals surface area contributed by atoms with E-state index in [1.54, 1.807) is 17.4 Å². The molecular formula is C15H17BrFNS. The second-order valence-corrected chi connectivity index (χ2v) is 6.35. The smallest absolute Gasteiger partial charge is 0.142 e. The Balaban J connectivity index is 2.42. The van der Waals surface area contributed by atoms with Crippen LogP contribution in [0.4, 0.5) is 4.39 Å². The van der Waals surface area contributed by atoms with Crippen LogP contribution in [0.1, 0.15) is 35.2 Å². The highest BCUT2D eigenvalue weighted by molar-refractivity contribution is 9.10. The molecule has 19 heavy (non-hydrogen) atoms. The van der Waals surface area contributed by atoms with Gasteiger partial charge in [-0.15, -0.1) is 11.3 Å². The molecule has 1 heterocycles. The highest BCUT2D eigenvalue weighted by atomic mass is 79.9. The molecule has 0 aliphatic rings. The lowest BCUT2D eigenvalue weighted by atomic mass is 10.0. The molecule has 1 nitrogen and oxygen atoms in total. The van der Waals surface area contributed by atoms with E-state index in [0.717, 1.165) is 17.8 Å². The van der Waals surface area contributed by atoms with Gasteiger partial charge >= 0.3 is 0 Å². The maximum Gasteiger partial charge on any atom is 0.142 e. The third kappa shape index (κ3) is 3.25. The molecule has 1 atom stereocenters. The van der Waals surface area contributed by atoms with E-state index in [4.69, 9.17) is 0 Å². The quantitative estimate of drug-likeness (QED) is 0.814. The molecule has 4 heteroatoms. The summed E-state index contributed by atoms with van der Waals surface area (Å²) in [4.78, 5) is 2.49. The van der Waals surface area contributed by atoms with Gasteiger partial charge in [0.05, 0.1) is 10.5 Å². The molecular weight excluding hydrogens is 325 g/mol. The van der Waals surface area contributed by atoms with Crippen molar-refractivity contribution in [1.82, 2.24) is 5.32 Å². The lowest BCUT2D eigenvalue weighted by Gasteiger charge is -2.18. The number of benzene rings is 1. The van der Waals surface area contributed by atoms with Gasteiger partial charge in [-0.2, -0.15) is 0 Å². The normalized spacial score (nSPS) is 12.6. The van der Waals surface area contributed by atoms with Crippen LogP contribution >= 0.6 is 27.3 Å². The van der Waals surface area contributed by atoms with Gasteiger partial charge in [-0.1, -0.05) is 26.0 Å². The van der Waals surface area contributed by atoms with Gasteiger partial charge in [-0.05, 0) is 47.1 Å². The minimum atomic E-state index is -0.181. The first kappa shape index (κ1) is 14.7. The van der Waals surface area contributed by atoms with Crippen molar-refractivity contribution in [3.05, 3.63) is 55.9 Å². The van der Waals surface area contributed by atoms with Gasteiger partial charge in [0.1, 0.15) is 5.82 Å². The van der Waals surface area contributed by atoms with Gasteiger partial charge < -0.3 is 5.32 Å². The van der Waals surface area contributed by atoms with Crippen LogP contribution in [0.15, 0.2) is 34.8 Å². The van der Waals surface area contributed by atoms with Crippen molar-refractivity contribution in [3.63, 3.8) is 0 Å². The van der Waals surface area contributed by atoms with E-state index >= 15 is 0 Å². The Morgan fingerprint density at radius 2 is 2.05 bits per heavy atom. The second-order valence-electron chi connectivity index (χ2n) is 4.29. The van der Waals surface area contributed by atoms with Gasteiger partial charge in [0.25, 0.3) is 0 Å². The number of hydrogen-bond donors (Lipinski definition) is 1. The van der Waals surface area contributed by atoms with Crippen LogP contribution in [0.5, 0.6) is 0 Å². The summed E-state index contributed by atoms with van der Waals surface area (Å²) < 4.78 is 14.8. The third-order valence-corrected chi connectivity index (χ3v) is 4.92. The number of rotatable bonds is 5. The first-order valence-corrected chi connectivity index (χ1v) is 8.04. The molecule has 0 fully saturated rings. The molecule has 0 spiro atoms. The van der Waals surface area contributed by atoms with Crippen LogP contribution in [0.2, 0.25) is 0 Å². The summed E-state index contributed by atoms with van der Waals surface area (Å²) in [6.45, 7) is 4.98. The number of nitrogens with one attached hydrogen (secondary N) is 1. The summed E-state index contributed by atoms with van der Waals surface area (Å²) in [7, 11) is 0. The lowest BCUT2D eigenvalue weighted by Crippen LogP contribution is -2.22. The molecule has 0 aliphatic heterocycles. The van der Waals surface area contributed by atoms with Crippen molar-refractivity contribution in [3.8, 4) is 0 Å². The molecule has 2 aromatic rings. The minimum absolute atomic E-state index is 0.0761. The highest BCUT2D eigenvalue weighted by Gasteiger charge is 2.19. The Bertz CT molecular complexity index is 553. The molecule has 0 bridgehead atoms. The zero-order chi connectivity index (χ0) is 13.8. The monoisotopic (exact) mass is 341 g/mol. The Morgan fingerprint density at radius 1 is 1.26 bits per heavy atom. The Morgan fingerprint density at radius 3 is 2.68 bits per heavy atom. The van der Waals surface area contributed by atoms with Crippen LogP contribution in [0.25, 0.3) is 0 Å². The second kappa shape index (κ2) is 6.64. The number of aryl methyl sites for hydroxylation is 1. The maximum absolute atomic E-state index is 14.3. The molecule has 1 unspecified atom stereocenters. The van der Waals surface area contributed by atoms with E-state index in [1.165, 1.54) is 4.88 Å². The van der Waals surface area contributed by atoms with Crippen molar-refractivity contribution in [1.29, 1.82) is 0 Å². The molecule has 1 aromatic heterocycles. The van der Waals surface area contributed by atoms with Gasteiger partial charge in [0, 0.05) is 15.3 Å². The van der Waals surface area contributed by atoms with E-state index in [-0.39, 0.29) is 11.9 Å². The average molecular weight is 342 g/mol. The van der Waals surface area contributed by atoms with Crippen molar-refractivity contribution in [2.45, 2.75) is 26.3 Å². The fraction of sp³-hybridized carbons (Fsp3) is 0.333. The van der Waals surface area contributed by atoms with Gasteiger partial charge in [-0.25, -0.2) is 4.39 Å². The van der Waals surface area contributed by atoms with E-state index in [9.17, 15) is 4.39 Å². The summed E-state index contributed by atoms with van der Waals surface area (Å²) in [5.41, 5.74) is 0.695. The highest BCUT2D eigenvalue weighted by Crippen LogP contribution is 2.32. The van der Waals surface area contributed by atoms with Crippen LogP contribution in [0.3, 0.4) is 0 Å². The number of hydrogen-bond acceptors (Lipinski definition) is 2. The SMILES string of the molecule is CCNC(c1ccc(CC)s1)c1cccc(Br)c1F. The largest absolute Gasteiger partial charge is 0.306 e. The van der Waals surface area contributed by atoms with Crippen molar-refractivity contribution in [2.24, 2.45) is 0 Å². The molecule has 0 radical (unpaired) electrons. The zero-order valence-electron chi connectivity index (χ0n) is 11.0. The molecule has 0 saturated carbocycles. The predicted octanol–water partition coefficient (Wildman–Crippen LogP) is 4.91. The fourth-order valence-corrected chi connectivity index (χ4v) is 3.48. The molecule has 0 amide bonds. The van der Waals surface area contributed by atoms with E-state index in [2.05, 4.69) is 40.3 Å². The lowest BCUT2D eigenvalue weighted by molar-refractivity contribution is 0.559. The first-order valence-electron chi connectivity index (χ1n) is 6.43. The Kier molecular flexibility index (Phi) is 5.13. The van der Waals surface area contributed by atoms with Crippen molar-refractivity contribution in [2.75, 3.05) is 6.54 Å². The van der Waals surface area contributed by atoms with Gasteiger partial charge in [0.15, 0.2) is 0 Å². The summed E-state index contributed by atoms with van der Waals surface area (Å²) in [5, 5.41) is 3.37. The third-order valence-electron chi connectivity index (χ3n) is 3.02. The van der Waals surface area contributed by atoms with E-state index in [1.807, 2.05) is 19.1 Å². The van der Waals surface area contributed by atoms with Crippen LogP contribution in [-0.4, -0.2) is 6.54 Å². The van der Waals surface area contributed by atoms with Crippen LogP contribution < -0.4 is 5.32 Å². The van der Waals surface area contributed by atoms with Gasteiger partial charge in [0.2, 0.25) is 0 Å².